The SMILES string of the molecule is CC=CCn1cnc2c(=O)[nH]c(N)nc21. The van der Waals surface area contributed by atoms with E-state index in [-0.39, 0.29) is 11.5 Å². The van der Waals surface area contributed by atoms with Crippen molar-refractivity contribution in [2.75, 3.05) is 5.73 Å². The Morgan fingerprint density at radius 1 is 1.67 bits per heavy atom. The van der Waals surface area contributed by atoms with Gasteiger partial charge in [0, 0.05) is 6.54 Å². The lowest BCUT2D eigenvalue weighted by atomic mass is 10.5. The third kappa shape index (κ3) is 1.61. The van der Waals surface area contributed by atoms with Crippen molar-refractivity contribution in [3.8, 4) is 0 Å². The van der Waals surface area contributed by atoms with Crippen molar-refractivity contribution >= 4 is 17.1 Å². The van der Waals surface area contributed by atoms with Gasteiger partial charge in [-0.05, 0) is 6.92 Å². The quantitative estimate of drug-likeness (QED) is 0.689. The second-order valence-corrected chi connectivity index (χ2v) is 3.09. The Morgan fingerprint density at radius 3 is 3.20 bits per heavy atom. The van der Waals surface area contributed by atoms with E-state index in [4.69, 9.17) is 5.73 Å². The first kappa shape index (κ1) is 9.45. The summed E-state index contributed by atoms with van der Waals surface area (Å²) in [6.45, 7) is 2.55. The van der Waals surface area contributed by atoms with Gasteiger partial charge in [-0.25, -0.2) is 4.98 Å². The van der Waals surface area contributed by atoms with Crippen LogP contribution in [0.25, 0.3) is 11.2 Å². The topological polar surface area (TPSA) is 89.6 Å². The van der Waals surface area contributed by atoms with Gasteiger partial charge in [-0.2, -0.15) is 4.98 Å². The second-order valence-electron chi connectivity index (χ2n) is 3.09. The van der Waals surface area contributed by atoms with E-state index in [0.29, 0.717) is 17.7 Å². The van der Waals surface area contributed by atoms with Crippen LogP contribution in [-0.4, -0.2) is 19.5 Å². The average Bonchev–Trinajstić information content (AvgIpc) is 2.58. The van der Waals surface area contributed by atoms with Gasteiger partial charge in [-0.3, -0.25) is 9.78 Å². The molecule has 0 aliphatic carbocycles. The summed E-state index contributed by atoms with van der Waals surface area (Å²) in [7, 11) is 0. The fourth-order valence-corrected chi connectivity index (χ4v) is 1.32. The molecule has 0 atom stereocenters. The van der Waals surface area contributed by atoms with E-state index in [1.165, 1.54) is 0 Å². The number of imidazole rings is 1. The number of aromatic amines is 1. The molecule has 0 radical (unpaired) electrons. The lowest BCUT2D eigenvalue weighted by Crippen LogP contribution is -2.12. The summed E-state index contributed by atoms with van der Waals surface area (Å²) in [6.07, 6.45) is 5.44. The van der Waals surface area contributed by atoms with Gasteiger partial charge in [0.2, 0.25) is 5.95 Å². The number of allylic oxidation sites excluding steroid dienone is 2. The van der Waals surface area contributed by atoms with Crippen molar-refractivity contribution in [1.82, 2.24) is 19.5 Å². The Kier molecular flexibility index (Phi) is 2.24. The minimum absolute atomic E-state index is 0.106. The Balaban J connectivity index is 2.63. The van der Waals surface area contributed by atoms with E-state index in [1.807, 2.05) is 19.1 Å². The van der Waals surface area contributed by atoms with E-state index in [1.54, 1.807) is 10.9 Å². The molecule has 6 nitrogen and oxygen atoms in total. The molecule has 0 fully saturated rings. The molecule has 15 heavy (non-hydrogen) atoms. The maximum atomic E-state index is 11.4. The lowest BCUT2D eigenvalue weighted by molar-refractivity contribution is 0.836. The van der Waals surface area contributed by atoms with Crippen molar-refractivity contribution in [3.05, 3.63) is 28.8 Å². The smallest absolute Gasteiger partial charge is 0.280 e. The first-order valence-corrected chi connectivity index (χ1v) is 4.54. The molecule has 0 aliphatic rings. The van der Waals surface area contributed by atoms with Crippen molar-refractivity contribution in [2.45, 2.75) is 13.5 Å². The third-order valence-electron chi connectivity index (χ3n) is 2.03. The number of anilines is 1. The minimum atomic E-state index is -0.309. The van der Waals surface area contributed by atoms with Crippen molar-refractivity contribution in [2.24, 2.45) is 0 Å². The van der Waals surface area contributed by atoms with Crippen LogP contribution in [0.1, 0.15) is 6.92 Å². The Hall–Kier alpha value is -2.11. The summed E-state index contributed by atoms with van der Waals surface area (Å²) in [6, 6.07) is 0. The molecule has 6 heteroatoms. The maximum absolute atomic E-state index is 11.4. The van der Waals surface area contributed by atoms with Crippen molar-refractivity contribution in [1.29, 1.82) is 0 Å². The van der Waals surface area contributed by atoms with Crippen LogP contribution in [0.3, 0.4) is 0 Å². The van der Waals surface area contributed by atoms with Gasteiger partial charge >= 0.3 is 0 Å². The second kappa shape index (κ2) is 3.56. The number of nitrogens with one attached hydrogen (secondary N) is 1. The first-order valence-electron chi connectivity index (χ1n) is 4.54. The molecule has 2 aromatic rings. The molecule has 78 valence electrons. The highest BCUT2D eigenvalue weighted by Gasteiger charge is 2.07. The zero-order valence-corrected chi connectivity index (χ0v) is 8.27. The van der Waals surface area contributed by atoms with Gasteiger partial charge in [0.15, 0.2) is 11.2 Å². The molecule has 2 heterocycles. The van der Waals surface area contributed by atoms with Crippen molar-refractivity contribution in [3.63, 3.8) is 0 Å². The van der Waals surface area contributed by atoms with Crippen LogP contribution in [0.5, 0.6) is 0 Å². The third-order valence-corrected chi connectivity index (χ3v) is 2.03. The number of aromatic nitrogens is 4. The summed E-state index contributed by atoms with van der Waals surface area (Å²) >= 11 is 0. The molecule has 0 spiro atoms. The summed E-state index contributed by atoms with van der Waals surface area (Å²) in [4.78, 5) is 21.8. The van der Waals surface area contributed by atoms with E-state index in [0.717, 1.165) is 0 Å². The minimum Gasteiger partial charge on any atom is -0.369 e. The van der Waals surface area contributed by atoms with Gasteiger partial charge in [-0.1, -0.05) is 12.2 Å². The summed E-state index contributed by atoms with van der Waals surface area (Å²) in [5.41, 5.74) is 5.97. The fraction of sp³-hybridized carbons (Fsp3) is 0.222. The summed E-state index contributed by atoms with van der Waals surface area (Å²) < 4.78 is 1.76. The van der Waals surface area contributed by atoms with E-state index in [9.17, 15) is 4.79 Å². The summed E-state index contributed by atoms with van der Waals surface area (Å²) in [5, 5.41) is 0. The van der Waals surface area contributed by atoms with Crippen LogP contribution >= 0.6 is 0 Å². The molecule has 0 aromatic carbocycles. The van der Waals surface area contributed by atoms with E-state index < -0.39 is 0 Å². The van der Waals surface area contributed by atoms with E-state index in [2.05, 4.69) is 15.0 Å². The number of nitrogen functional groups attached to an aromatic ring is 1. The summed E-state index contributed by atoms with van der Waals surface area (Å²) in [5.74, 6) is 0.106. The Morgan fingerprint density at radius 2 is 2.47 bits per heavy atom. The maximum Gasteiger partial charge on any atom is 0.280 e. The Bertz CT molecular complexity index is 565. The van der Waals surface area contributed by atoms with Gasteiger partial charge in [-0.15, -0.1) is 0 Å². The zero-order valence-electron chi connectivity index (χ0n) is 8.27. The van der Waals surface area contributed by atoms with Gasteiger partial charge in [0.1, 0.15) is 0 Å². The van der Waals surface area contributed by atoms with E-state index >= 15 is 0 Å². The first-order chi connectivity index (χ1) is 7.22. The highest BCUT2D eigenvalue weighted by molar-refractivity contribution is 5.70. The molecule has 3 N–H and O–H groups in total. The van der Waals surface area contributed by atoms with Crippen molar-refractivity contribution < 1.29 is 0 Å². The molecular formula is C9H11N5O. The number of hydrogen-bond donors (Lipinski definition) is 2. The number of nitrogens with two attached hydrogens (primary N) is 1. The zero-order chi connectivity index (χ0) is 10.8. The number of H-pyrrole nitrogens is 1. The van der Waals surface area contributed by atoms with Gasteiger partial charge in [0.25, 0.3) is 5.56 Å². The van der Waals surface area contributed by atoms with Gasteiger partial charge in [0.05, 0.1) is 6.33 Å². The van der Waals surface area contributed by atoms with Crippen LogP contribution < -0.4 is 11.3 Å². The van der Waals surface area contributed by atoms with Gasteiger partial charge < -0.3 is 10.3 Å². The normalized spacial score (nSPS) is 11.5. The van der Waals surface area contributed by atoms with Crippen LogP contribution in [0, 0.1) is 0 Å². The molecule has 0 bridgehead atoms. The fourth-order valence-electron chi connectivity index (χ4n) is 1.32. The monoisotopic (exact) mass is 205 g/mol. The molecule has 0 aliphatic heterocycles. The lowest BCUT2D eigenvalue weighted by Gasteiger charge is -1.98. The predicted molar refractivity (Wildman–Crippen MR) is 57.4 cm³/mol. The molecule has 2 aromatic heterocycles. The van der Waals surface area contributed by atoms with Crippen LogP contribution in [0.2, 0.25) is 0 Å². The van der Waals surface area contributed by atoms with Crippen LogP contribution in [-0.2, 0) is 6.54 Å². The predicted octanol–water partition coefficient (Wildman–Crippen LogP) is 0.278. The number of hydrogen-bond acceptors (Lipinski definition) is 4. The molecule has 0 amide bonds. The van der Waals surface area contributed by atoms with Crippen LogP contribution in [0.4, 0.5) is 5.95 Å². The standard InChI is InChI=1S/C9H11N5O/c1-2-3-4-14-5-11-6-7(14)12-9(10)13-8(6)15/h2-3,5H,4H2,1H3,(H3,10,12,13,15). The molecular weight excluding hydrogens is 194 g/mol. The molecule has 0 unspecified atom stereocenters. The number of fused-ring (bicyclic) bond motifs is 1. The molecule has 0 saturated heterocycles. The number of nitrogens with zero attached hydrogens (tertiary/aromatic N) is 3. The highest BCUT2D eigenvalue weighted by Crippen LogP contribution is 2.05. The number of rotatable bonds is 2. The molecule has 2 rings (SSSR count). The highest BCUT2D eigenvalue weighted by atomic mass is 16.1. The average molecular weight is 205 g/mol. The van der Waals surface area contributed by atoms with Crippen LogP contribution in [0.15, 0.2) is 23.3 Å². The largest absolute Gasteiger partial charge is 0.369 e. The molecule has 0 saturated carbocycles. The Labute approximate surface area is 85.5 Å².